The Morgan fingerprint density at radius 2 is 1.60 bits per heavy atom. The van der Waals surface area contributed by atoms with Crippen LogP contribution in [0.15, 0.2) is 54.6 Å². The third-order valence-corrected chi connectivity index (χ3v) is 3.91. The van der Waals surface area contributed by atoms with Gasteiger partial charge in [0.25, 0.3) is 0 Å². The predicted octanol–water partition coefficient (Wildman–Crippen LogP) is 2.55. The number of amides is 2. The van der Waals surface area contributed by atoms with Gasteiger partial charge >= 0.3 is 0 Å². The molecular weight excluding hydrogens is 338 g/mol. The van der Waals surface area contributed by atoms with Crippen LogP contribution in [-0.2, 0) is 21.5 Å². The van der Waals surface area contributed by atoms with E-state index in [0.29, 0.717) is 12.1 Å². The van der Waals surface area contributed by atoms with Crippen molar-refractivity contribution < 1.29 is 9.59 Å². The largest absolute Gasteiger partial charge is 0.349 e. The molecule has 5 nitrogen and oxygen atoms in total. The molecule has 0 radical (unpaired) electrons. The minimum absolute atomic E-state index is 0. The van der Waals surface area contributed by atoms with Crippen LogP contribution in [0.4, 0.5) is 5.69 Å². The van der Waals surface area contributed by atoms with E-state index in [4.69, 9.17) is 5.73 Å². The monoisotopic (exact) mass is 361 g/mol. The minimum atomic E-state index is -1.12. The second-order valence-electron chi connectivity index (χ2n) is 6.18. The quantitative estimate of drug-likeness (QED) is 0.859. The van der Waals surface area contributed by atoms with Crippen LogP contribution in [-0.4, -0.2) is 30.8 Å². The van der Waals surface area contributed by atoms with Gasteiger partial charge in [0.05, 0.1) is 6.42 Å². The molecule has 0 aliphatic heterocycles. The third-order valence-electron chi connectivity index (χ3n) is 3.91. The van der Waals surface area contributed by atoms with Crippen LogP contribution >= 0.6 is 12.4 Å². The number of benzene rings is 2. The molecule has 2 amide bonds. The number of nitrogens with zero attached hydrogens (tertiary/aromatic N) is 1. The van der Waals surface area contributed by atoms with E-state index in [1.807, 2.05) is 42.5 Å². The van der Waals surface area contributed by atoms with Gasteiger partial charge in [-0.05, 0) is 30.2 Å². The lowest BCUT2D eigenvalue weighted by Gasteiger charge is -2.24. The first-order valence-corrected chi connectivity index (χ1v) is 7.75. The molecular formula is C19H24ClN3O2. The van der Waals surface area contributed by atoms with E-state index in [2.05, 4.69) is 5.32 Å². The standard InChI is InChI=1S/C19H23N3O2.ClH/c1-19(20,15-7-5-4-6-8-15)18(24)21-16-11-9-14(10-12-16)13-17(23)22(2)3;/h4-12H,13,20H2,1-3H3,(H,21,24);1H. The number of likely N-dealkylation sites (N-methyl/N-ethyl adjacent to an activating group) is 1. The van der Waals surface area contributed by atoms with E-state index in [0.717, 1.165) is 11.1 Å². The molecule has 0 saturated heterocycles. The summed E-state index contributed by atoms with van der Waals surface area (Å²) in [7, 11) is 3.45. The molecule has 1 unspecified atom stereocenters. The lowest BCUT2D eigenvalue weighted by atomic mass is 9.92. The Morgan fingerprint density at radius 3 is 2.12 bits per heavy atom. The van der Waals surface area contributed by atoms with Gasteiger partial charge < -0.3 is 16.0 Å². The summed E-state index contributed by atoms with van der Waals surface area (Å²) in [5.74, 6) is -0.254. The zero-order valence-corrected chi connectivity index (χ0v) is 15.5. The Bertz CT molecular complexity index is 713. The van der Waals surface area contributed by atoms with Gasteiger partial charge in [-0.2, -0.15) is 0 Å². The fraction of sp³-hybridized carbons (Fsp3) is 0.263. The Hall–Kier alpha value is -2.37. The molecule has 0 bridgehead atoms. The first-order valence-electron chi connectivity index (χ1n) is 7.75. The maximum Gasteiger partial charge on any atom is 0.248 e. The number of rotatable bonds is 5. The highest BCUT2D eigenvalue weighted by Gasteiger charge is 2.30. The van der Waals surface area contributed by atoms with Gasteiger partial charge in [0.1, 0.15) is 5.54 Å². The van der Waals surface area contributed by atoms with Crippen molar-refractivity contribution in [3.05, 3.63) is 65.7 Å². The second kappa shape index (κ2) is 8.65. The Balaban J connectivity index is 0.00000312. The maximum absolute atomic E-state index is 12.5. The molecule has 134 valence electrons. The number of carbonyl (C=O) groups is 2. The lowest BCUT2D eigenvalue weighted by molar-refractivity contribution is -0.128. The molecule has 0 saturated carbocycles. The van der Waals surface area contributed by atoms with Crippen LogP contribution in [0, 0.1) is 0 Å². The number of hydrogen-bond donors (Lipinski definition) is 2. The van der Waals surface area contributed by atoms with Crippen molar-refractivity contribution in [2.45, 2.75) is 18.9 Å². The summed E-state index contributed by atoms with van der Waals surface area (Å²) in [4.78, 5) is 25.7. The van der Waals surface area contributed by atoms with Gasteiger partial charge in [-0.1, -0.05) is 42.5 Å². The third kappa shape index (κ3) is 5.31. The molecule has 0 aliphatic carbocycles. The highest BCUT2D eigenvalue weighted by Crippen LogP contribution is 2.20. The highest BCUT2D eigenvalue weighted by atomic mass is 35.5. The highest BCUT2D eigenvalue weighted by molar-refractivity contribution is 5.98. The van der Waals surface area contributed by atoms with Gasteiger partial charge in [-0.15, -0.1) is 12.4 Å². The first kappa shape index (κ1) is 20.7. The number of nitrogens with one attached hydrogen (secondary N) is 1. The molecule has 6 heteroatoms. The minimum Gasteiger partial charge on any atom is -0.349 e. The van der Waals surface area contributed by atoms with E-state index < -0.39 is 5.54 Å². The van der Waals surface area contributed by atoms with E-state index in [9.17, 15) is 9.59 Å². The average molecular weight is 362 g/mol. The number of nitrogens with two attached hydrogens (primary N) is 1. The average Bonchev–Trinajstić information content (AvgIpc) is 2.57. The van der Waals surface area contributed by atoms with E-state index in [1.54, 1.807) is 38.1 Å². The Kier molecular flexibility index (Phi) is 7.15. The first-order chi connectivity index (χ1) is 11.3. The Morgan fingerprint density at radius 1 is 1.04 bits per heavy atom. The summed E-state index contributed by atoms with van der Waals surface area (Å²) in [5.41, 5.74) is 7.36. The molecule has 0 aliphatic rings. The van der Waals surface area contributed by atoms with Crippen molar-refractivity contribution in [3.8, 4) is 0 Å². The van der Waals surface area contributed by atoms with Gasteiger partial charge in [0.2, 0.25) is 11.8 Å². The van der Waals surface area contributed by atoms with Gasteiger partial charge in [0, 0.05) is 19.8 Å². The van der Waals surface area contributed by atoms with Crippen molar-refractivity contribution in [1.29, 1.82) is 0 Å². The van der Waals surface area contributed by atoms with Crippen molar-refractivity contribution in [3.63, 3.8) is 0 Å². The SMILES string of the molecule is CN(C)C(=O)Cc1ccc(NC(=O)C(C)(N)c2ccccc2)cc1.Cl. The van der Waals surface area contributed by atoms with Crippen molar-refractivity contribution >= 4 is 29.9 Å². The summed E-state index contributed by atoms with van der Waals surface area (Å²) in [6.07, 6.45) is 0.333. The molecule has 2 rings (SSSR count). The molecule has 1 atom stereocenters. The van der Waals surface area contributed by atoms with Crippen LogP contribution in [0.5, 0.6) is 0 Å². The smallest absolute Gasteiger partial charge is 0.248 e. The number of carbonyl (C=O) groups excluding carboxylic acids is 2. The Labute approximate surface area is 154 Å². The molecule has 25 heavy (non-hydrogen) atoms. The van der Waals surface area contributed by atoms with Gasteiger partial charge in [-0.25, -0.2) is 0 Å². The molecule has 0 aromatic heterocycles. The van der Waals surface area contributed by atoms with Gasteiger partial charge in [0.15, 0.2) is 0 Å². The summed E-state index contributed by atoms with van der Waals surface area (Å²) in [6.45, 7) is 1.68. The summed E-state index contributed by atoms with van der Waals surface area (Å²) in [6, 6.07) is 16.4. The molecule has 3 N–H and O–H groups in total. The van der Waals surface area contributed by atoms with Crippen LogP contribution in [0.3, 0.4) is 0 Å². The fourth-order valence-corrected chi connectivity index (χ4v) is 2.22. The number of hydrogen-bond acceptors (Lipinski definition) is 3. The molecule has 0 spiro atoms. The van der Waals surface area contributed by atoms with Crippen molar-refractivity contribution in [2.24, 2.45) is 5.73 Å². The summed E-state index contributed by atoms with van der Waals surface area (Å²) < 4.78 is 0. The summed E-state index contributed by atoms with van der Waals surface area (Å²) in [5, 5.41) is 2.82. The normalized spacial score (nSPS) is 12.5. The van der Waals surface area contributed by atoms with E-state index in [1.165, 1.54) is 0 Å². The van der Waals surface area contributed by atoms with Crippen LogP contribution in [0.2, 0.25) is 0 Å². The molecule has 2 aromatic rings. The zero-order chi connectivity index (χ0) is 17.7. The molecule has 0 heterocycles. The zero-order valence-electron chi connectivity index (χ0n) is 14.7. The van der Waals surface area contributed by atoms with E-state index >= 15 is 0 Å². The topological polar surface area (TPSA) is 75.4 Å². The summed E-state index contributed by atoms with van der Waals surface area (Å²) >= 11 is 0. The van der Waals surface area contributed by atoms with Crippen LogP contribution < -0.4 is 11.1 Å². The molecule has 2 aromatic carbocycles. The lowest BCUT2D eigenvalue weighted by Crippen LogP contribution is -2.45. The van der Waals surface area contributed by atoms with E-state index in [-0.39, 0.29) is 24.2 Å². The van der Waals surface area contributed by atoms with Crippen LogP contribution in [0.1, 0.15) is 18.1 Å². The number of halogens is 1. The second-order valence-corrected chi connectivity index (χ2v) is 6.18. The molecule has 0 fully saturated rings. The van der Waals surface area contributed by atoms with Gasteiger partial charge in [-0.3, -0.25) is 9.59 Å². The van der Waals surface area contributed by atoms with Crippen molar-refractivity contribution in [1.82, 2.24) is 4.90 Å². The number of anilines is 1. The maximum atomic E-state index is 12.5. The van der Waals surface area contributed by atoms with Crippen molar-refractivity contribution in [2.75, 3.05) is 19.4 Å². The van der Waals surface area contributed by atoms with Crippen LogP contribution in [0.25, 0.3) is 0 Å². The predicted molar refractivity (Wildman–Crippen MR) is 103 cm³/mol. The fourth-order valence-electron chi connectivity index (χ4n) is 2.22.